The minimum atomic E-state index is -3.81. The topological polar surface area (TPSA) is 150 Å². The number of hydrogen-bond donors (Lipinski definition) is 7. The normalized spacial score (nSPS) is 10.0. The molecule has 0 aromatic rings. The number of carbonyl (C=O) groups is 1. The minimum Gasteiger partial charge on any atom is -0.352 e. The van der Waals surface area contributed by atoms with E-state index in [1.165, 1.54) is 13.3 Å². The lowest BCUT2D eigenvalue weighted by Gasteiger charge is -2.18. The number of hydrogen-bond acceptors (Lipinski definition) is 3. The fourth-order valence-corrected chi connectivity index (χ4v) is 0.528. The zero-order valence-electron chi connectivity index (χ0n) is 15.0. The Labute approximate surface area is 150 Å². The maximum atomic E-state index is 10.3. The summed E-state index contributed by atoms with van der Waals surface area (Å²) >= 11 is 7.21. The van der Waals surface area contributed by atoms with Crippen molar-refractivity contribution in [2.24, 2.45) is 0 Å². The highest BCUT2D eigenvalue weighted by molar-refractivity contribution is 8.06. The summed E-state index contributed by atoms with van der Waals surface area (Å²) in [7, 11) is 0. The van der Waals surface area contributed by atoms with Crippen molar-refractivity contribution >= 4 is 43.0 Å². The molecule has 0 rings (SSSR count). The van der Waals surface area contributed by atoms with Gasteiger partial charge in [0.25, 0.3) is 0 Å². The van der Waals surface area contributed by atoms with Gasteiger partial charge in [0.05, 0.1) is 0 Å². The van der Waals surface area contributed by atoms with Gasteiger partial charge in [-0.1, -0.05) is 34.1 Å². The fraction of sp³-hybridized carbons (Fsp3) is 0.909. The first kappa shape index (κ1) is 34.8. The van der Waals surface area contributed by atoms with Crippen molar-refractivity contribution in [1.82, 2.24) is 5.32 Å². The zero-order valence-corrected chi connectivity index (χ0v) is 18.4. The maximum Gasteiger partial charge on any atom is 0.319 e. The Balaban J connectivity index is -0.0000000635. The van der Waals surface area contributed by atoms with Gasteiger partial charge >= 0.3 is 13.4 Å². The molecule has 0 aromatic heterocycles. The van der Waals surface area contributed by atoms with Crippen molar-refractivity contribution in [3.63, 3.8) is 0 Å². The maximum absolute atomic E-state index is 10.3. The van der Waals surface area contributed by atoms with Crippen LogP contribution in [0.25, 0.3) is 0 Å². The van der Waals surface area contributed by atoms with Crippen LogP contribution in [0.1, 0.15) is 61.8 Å². The lowest BCUT2D eigenvalue weighted by Crippen LogP contribution is -2.38. The molecule has 0 radical (unpaired) electrons. The van der Waals surface area contributed by atoms with Crippen molar-refractivity contribution in [2.75, 3.05) is 0 Å². The molecule has 0 aromatic carbocycles. The summed E-state index contributed by atoms with van der Waals surface area (Å²) in [6, 6.07) is 0. The molecular formula is C11H33NO7P2S2. The third-order valence-electron chi connectivity index (χ3n) is 0.551. The summed E-state index contributed by atoms with van der Waals surface area (Å²) < 4.78 is 0. The highest BCUT2D eigenvalue weighted by atomic mass is 32.5. The minimum absolute atomic E-state index is 0.0255. The van der Waals surface area contributed by atoms with Gasteiger partial charge in [-0.05, 0) is 44.4 Å². The molecule has 23 heavy (non-hydrogen) atoms. The SMILES string of the molecule is CC.CC(=O)NC(C)(C)C.CCC.OP(O)(O)=S.OP(O)(O)=S. The van der Waals surface area contributed by atoms with Crippen molar-refractivity contribution in [3.05, 3.63) is 0 Å². The largest absolute Gasteiger partial charge is 0.352 e. The molecule has 0 fully saturated rings. The fourth-order valence-electron chi connectivity index (χ4n) is 0.528. The van der Waals surface area contributed by atoms with Crippen molar-refractivity contribution in [2.45, 2.75) is 67.3 Å². The summed E-state index contributed by atoms with van der Waals surface area (Å²) in [5.74, 6) is 0.0255. The van der Waals surface area contributed by atoms with E-state index in [-0.39, 0.29) is 11.4 Å². The highest BCUT2D eigenvalue weighted by Crippen LogP contribution is 2.26. The molecule has 0 saturated carbocycles. The third-order valence-corrected chi connectivity index (χ3v) is 0.551. The number of nitrogens with one attached hydrogen (secondary N) is 1. The van der Waals surface area contributed by atoms with E-state index >= 15 is 0 Å². The van der Waals surface area contributed by atoms with Crippen LogP contribution in [-0.4, -0.2) is 40.8 Å². The monoisotopic (exact) mass is 417 g/mol. The summed E-state index contributed by atoms with van der Waals surface area (Å²) in [4.78, 5) is 55.7. The van der Waals surface area contributed by atoms with Crippen LogP contribution in [0.5, 0.6) is 0 Å². The average Bonchev–Trinajstić information content (AvgIpc) is 2.11. The van der Waals surface area contributed by atoms with Gasteiger partial charge in [-0.2, -0.15) is 0 Å². The van der Waals surface area contributed by atoms with Crippen LogP contribution in [0, 0.1) is 0 Å². The number of rotatable bonds is 0. The molecule has 12 heteroatoms. The number of carbonyl (C=O) groups excluding carboxylic acids is 1. The lowest BCUT2D eigenvalue weighted by molar-refractivity contribution is -0.120. The van der Waals surface area contributed by atoms with Gasteiger partial charge in [-0.15, -0.1) is 0 Å². The Kier molecular flexibility index (Phi) is 28.5. The van der Waals surface area contributed by atoms with Crippen LogP contribution < -0.4 is 5.32 Å². The molecule has 0 atom stereocenters. The van der Waals surface area contributed by atoms with Gasteiger partial charge in [0.1, 0.15) is 0 Å². The van der Waals surface area contributed by atoms with Gasteiger partial charge in [0.2, 0.25) is 5.91 Å². The Morgan fingerprint density at radius 3 is 1.04 bits per heavy atom. The second-order valence-electron chi connectivity index (χ2n) is 4.66. The van der Waals surface area contributed by atoms with Crippen LogP contribution in [0.2, 0.25) is 0 Å². The van der Waals surface area contributed by atoms with E-state index in [2.05, 4.69) is 42.8 Å². The molecule has 0 aliphatic carbocycles. The lowest BCUT2D eigenvalue weighted by atomic mass is 10.1. The molecule has 1 amide bonds. The number of amides is 1. The Bertz CT molecular complexity index is 314. The zero-order chi connectivity index (χ0) is 20.5. The van der Waals surface area contributed by atoms with E-state index in [0.717, 1.165) is 0 Å². The quantitative estimate of drug-likeness (QED) is 0.292. The molecule has 0 aliphatic heterocycles. The van der Waals surface area contributed by atoms with Crippen LogP contribution in [0.15, 0.2) is 0 Å². The second kappa shape index (κ2) is 18.9. The third kappa shape index (κ3) is 311. The predicted octanol–water partition coefficient (Wildman–Crippen LogP) is 1.74. The molecule has 8 nitrogen and oxygen atoms in total. The van der Waals surface area contributed by atoms with E-state index in [0.29, 0.717) is 0 Å². The van der Waals surface area contributed by atoms with E-state index in [4.69, 9.17) is 29.4 Å². The molecule has 0 unspecified atom stereocenters. The standard InChI is InChI=1S/C6H13NO.C3H8.C2H6.2H3O3PS/c1-5(8)7-6(2,3)4;1-3-2;1-2;2*1-4(2,3)5/h1-4H3,(H,7,8);3H2,1-2H3;1-2H3;2*(H3,1,2,3,5). The van der Waals surface area contributed by atoms with E-state index in [1.54, 1.807) is 0 Å². The van der Waals surface area contributed by atoms with Crippen LogP contribution in [0.3, 0.4) is 0 Å². The molecular weight excluding hydrogens is 384 g/mol. The van der Waals surface area contributed by atoms with Crippen LogP contribution in [-0.2, 0) is 28.4 Å². The summed E-state index contributed by atoms with van der Waals surface area (Å²) in [5.41, 5.74) is -0.0775. The Morgan fingerprint density at radius 2 is 1.04 bits per heavy atom. The Morgan fingerprint density at radius 1 is 0.913 bits per heavy atom. The first-order chi connectivity index (χ1) is 9.83. The molecule has 146 valence electrons. The highest BCUT2D eigenvalue weighted by Gasteiger charge is 2.08. The molecule has 0 heterocycles. The van der Waals surface area contributed by atoms with Gasteiger partial charge < -0.3 is 34.7 Å². The summed E-state index contributed by atoms with van der Waals surface area (Å²) in [6.07, 6.45) is 1.25. The smallest absolute Gasteiger partial charge is 0.319 e. The summed E-state index contributed by atoms with van der Waals surface area (Å²) in [5, 5.41) is 2.74. The Hall–Kier alpha value is 0.530. The van der Waals surface area contributed by atoms with Gasteiger partial charge in [-0.3, -0.25) is 4.79 Å². The molecule has 0 bridgehead atoms. The van der Waals surface area contributed by atoms with Crippen LogP contribution >= 0.6 is 13.4 Å². The summed E-state index contributed by atoms with van der Waals surface area (Å²) in [6.45, 7) is 8.02. The molecule has 0 aliphatic rings. The predicted molar refractivity (Wildman–Crippen MR) is 103 cm³/mol. The second-order valence-corrected chi connectivity index (χ2v) is 9.66. The molecule has 7 N–H and O–H groups in total. The van der Waals surface area contributed by atoms with Gasteiger partial charge in [-0.25, -0.2) is 0 Å². The van der Waals surface area contributed by atoms with Gasteiger partial charge in [0, 0.05) is 12.5 Å². The van der Waals surface area contributed by atoms with E-state index < -0.39 is 13.4 Å². The van der Waals surface area contributed by atoms with Crippen molar-refractivity contribution in [3.8, 4) is 0 Å². The molecule has 0 spiro atoms. The van der Waals surface area contributed by atoms with Gasteiger partial charge in [0.15, 0.2) is 0 Å². The van der Waals surface area contributed by atoms with E-state index in [1.807, 2.05) is 34.6 Å². The van der Waals surface area contributed by atoms with Crippen LogP contribution in [0.4, 0.5) is 0 Å². The average molecular weight is 417 g/mol. The molecule has 0 saturated heterocycles. The van der Waals surface area contributed by atoms with Crippen molar-refractivity contribution < 1.29 is 34.2 Å². The van der Waals surface area contributed by atoms with E-state index in [9.17, 15) is 4.79 Å². The first-order valence-electron chi connectivity index (χ1n) is 6.68. The first-order valence-corrected chi connectivity index (χ1v) is 12.0. The van der Waals surface area contributed by atoms with Crippen molar-refractivity contribution in [1.29, 1.82) is 0 Å².